The van der Waals surface area contributed by atoms with Crippen molar-refractivity contribution in [1.29, 1.82) is 0 Å². The predicted molar refractivity (Wildman–Crippen MR) is 95.3 cm³/mol. The van der Waals surface area contributed by atoms with Gasteiger partial charge in [-0.15, -0.1) is 0 Å². The minimum atomic E-state index is -0.452. The number of carbonyl (C=O) groups excluding carboxylic acids is 1. The van der Waals surface area contributed by atoms with Crippen molar-refractivity contribution < 1.29 is 13.9 Å². The molecule has 25 heavy (non-hydrogen) atoms. The van der Waals surface area contributed by atoms with Gasteiger partial charge in [-0.05, 0) is 25.1 Å². The fraction of sp³-hybridized carbons (Fsp3) is 0.350. The van der Waals surface area contributed by atoms with Crippen LogP contribution in [0.5, 0.6) is 5.75 Å². The first-order valence-electron chi connectivity index (χ1n) is 8.48. The fourth-order valence-electron chi connectivity index (χ4n) is 3.16. The number of piperazine rings is 1. The van der Waals surface area contributed by atoms with E-state index in [0.29, 0.717) is 13.1 Å². The third-order valence-electron chi connectivity index (χ3n) is 4.60. The summed E-state index contributed by atoms with van der Waals surface area (Å²) in [5.41, 5.74) is 2.19. The number of methoxy groups -OCH3 is 1. The molecule has 0 radical (unpaired) electrons. The second-order valence-electron chi connectivity index (χ2n) is 6.36. The maximum Gasteiger partial charge on any atom is 0.256 e. The van der Waals surface area contributed by atoms with Crippen LogP contribution in [0.1, 0.15) is 21.5 Å². The number of ether oxygens (including phenoxy) is 1. The molecule has 2 aromatic carbocycles. The van der Waals surface area contributed by atoms with Crippen molar-refractivity contribution in [3.8, 4) is 5.75 Å². The van der Waals surface area contributed by atoms with Gasteiger partial charge in [-0.25, -0.2) is 4.39 Å². The van der Waals surface area contributed by atoms with Crippen molar-refractivity contribution in [2.24, 2.45) is 0 Å². The average Bonchev–Trinajstić information content (AvgIpc) is 2.64. The average molecular weight is 342 g/mol. The zero-order valence-electron chi connectivity index (χ0n) is 14.7. The van der Waals surface area contributed by atoms with Gasteiger partial charge in [0.25, 0.3) is 5.91 Å². The molecule has 4 nitrogen and oxygen atoms in total. The molecule has 1 fully saturated rings. The molecule has 3 rings (SSSR count). The second kappa shape index (κ2) is 7.66. The zero-order valence-corrected chi connectivity index (χ0v) is 14.7. The lowest BCUT2D eigenvalue weighted by Crippen LogP contribution is -2.48. The number of para-hydroxylation sites is 1. The third-order valence-corrected chi connectivity index (χ3v) is 4.60. The van der Waals surface area contributed by atoms with Crippen LogP contribution in [0.2, 0.25) is 0 Å². The Kier molecular flexibility index (Phi) is 5.34. The molecule has 1 heterocycles. The molecule has 1 saturated heterocycles. The van der Waals surface area contributed by atoms with Crippen LogP contribution in [-0.4, -0.2) is 49.0 Å². The smallest absolute Gasteiger partial charge is 0.256 e. The topological polar surface area (TPSA) is 32.8 Å². The summed E-state index contributed by atoms with van der Waals surface area (Å²) in [6.07, 6.45) is 0. The Hall–Kier alpha value is -2.40. The number of hydrogen-bond acceptors (Lipinski definition) is 3. The van der Waals surface area contributed by atoms with Crippen LogP contribution >= 0.6 is 0 Å². The lowest BCUT2D eigenvalue weighted by atomic mass is 10.1. The van der Waals surface area contributed by atoms with Crippen molar-refractivity contribution in [1.82, 2.24) is 9.80 Å². The van der Waals surface area contributed by atoms with Crippen LogP contribution in [0.4, 0.5) is 4.39 Å². The number of carbonyl (C=O) groups is 1. The van der Waals surface area contributed by atoms with Crippen molar-refractivity contribution in [2.45, 2.75) is 13.5 Å². The number of aryl methyl sites for hydroxylation is 1. The number of benzene rings is 2. The summed E-state index contributed by atoms with van der Waals surface area (Å²) in [5.74, 6) is 0.202. The molecule has 0 spiro atoms. The minimum Gasteiger partial charge on any atom is -0.496 e. The van der Waals surface area contributed by atoms with E-state index >= 15 is 0 Å². The van der Waals surface area contributed by atoms with Gasteiger partial charge in [0.05, 0.1) is 12.7 Å². The van der Waals surface area contributed by atoms with E-state index in [9.17, 15) is 9.18 Å². The summed E-state index contributed by atoms with van der Waals surface area (Å²) in [7, 11) is 1.67. The predicted octanol–water partition coefficient (Wildman–Crippen LogP) is 3.10. The van der Waals surface area contributed by atoms with Gasteiger partial charge in [0.2, 0.25) is 0 Å². The van der Waals surface area contributed by atoms with E-state index < -0.39 is 5.82 Å². The van der Waals surface area contributed by atoms with E-state index in [1.807, 2.05) is 25.1 Å². The minimum absolute atomic E-state index is 0.165. The first kappa shape index (κ1) is 17.4. The Morgan fingerprint density at radius 2 is 1.84 bits per heavy atom. The Bertz CT molecular complexity index is 755. The normalized spacial score (nSPS) is 15.2. The highest BCUT2D eigenvalue weighted by atomic mass is 19.1. The summed E-state index contributed by atoms with van der Waals surface area (Å²) in [5, 5.41) is 0. The first-order valence-corrected chi connectivity index (χ1v) is 8.48. The van der Waals surface area contributed by atoms with Crippen LogP contribution in [0.25, 0.3) is 0 Å². The number of nitrogens with zero attached hydrogens (tertiary/aromatic N) is 2. The van der Waals surface area contributed by atoms with E-state index in [1.165, 1.54) is 6.07 Å². The zero-order chi connectivity index (χ0) is 17.8. The SMILES string of the molecule is COc1ccccc1CN1CCN(C(=O)c2cc(C)ccc2F)CC1. The standard InChI is InChI=1S/C20H23FN2O2/c1-15-7-8-18(21)17(13-15)20(24)23-11-9-22(10-12-23)14-16-5-3-4-6-19(16)25-2/h3-8,13H,9-12,14H2,1-2H3. The molecule has 5 heteroatoms. The molecular weight excluding hydrogens is 319 g/mol. The van der Waals surface area contributed by atoms with Gasteiger partial charge >= 0.3 is 0 Å². The van der Waals surface area contributed by atoms with Crippen LogP contribution in [-0.2, 0) is 6.54 Å². The number of amides is 1. The Balaban J connectivity index is 1.62. The highest BCUT2D eigenvalue weighted by molar-refractivity contribution is 5.94. The molecule has 1 aliphatic rings. The monoisotopic (exact) mass is 342 g/mol. The molecule has 1 aliphatic heterocycles. The maximum atomic E-state index is 14.0. The molecule has 0 aliphatic carbocycles. The van der Waals surface area contributed by atoms with Crippen molar-refractivity contribution in [3.63, 3.8) is 0 Å². The van der Waals surface area contributed by atoms with Gasteiger partial charge in [0.1, 0.15) is 11.6 Å². The van der Waals surface area contributed by atoms with Crippen LogP contribution in [0.15, 0.2) is 42.5 Å². The molecule has 0 N–H and O–H groups in total. The molecule has 0 unspecified atom stereocenters. The molecule has 0 saturated carbocycles. The molecule has 0 atom stereocenters. The summed E-state index contributed by atoms with van der Waals surface area (Å²) in [6.45, 7) is 5.36. The van der Waals surface area contributed by atoms with E-state index in [1.54, 1.807) is 24.1 Å². The van der Waals surface area contributed by atoms with Crippen LogP contribution in [0, 0.1) is 12.7 Å². The lowest BCUT2D eigenvalue weighted by molar-refractivity contribution is 0.0623. The Morgan fingerprint density at radius 1 is 1.12 bits per heavy atom. The largest absolute Gasteiger partial charge is 0.496 e. The number of hydrogen-bond donors (Lipinski definition) is 0. The van der Waals surface area contributed by atoms with Crippen LogP contribution in [0.3, 0.4) is 0 Å². The first-order chi connectivity index (χ1) is 12.1. The van der Waals surface area contributed by atoms with Gasteiger partial charge < -0.3 is 9.64 Å². The molecule has 132 valence electrons. The van der Waals surface area contributed by atoms with E-state index in [2.05, 4.69) is 11.0 Å². The molecule has 2 aromatic rings. The molecular formula is C20H23FN2O2. The van der Waals surface area contributed by atoms with E-state index in [4.69, 9.17) is 4.74 Å². The summed E-state index contributed by atoms with van der Waals surface area (Å²) >= 11 is 0. The number of halogens is 1. The highest BCUT2D eigenvalue weighted by Crippen LogP contribution is 2.20. The van der Waals surface area contributed by atoms with Gasteiger partial charge in [-0.3, -0.25) is 9.69 Å². The van der Waals surface area contributed by atoms with Crippen LogP contribution < -0.4 is 4.74 Å². The Morgan fingerprint density at radius 3 is 2.56 bits per heavy atom. The molecule has 1 amide bonds. The van der Waals surface area contributed by atoms with Gasteiger partial charge in [-0.2, -0.15) is 0 Å². The van der Waals surface area contributed by atoms with Gasteiger partial charge in [0.15, 0.2) is 0 Å². The van der Waals surface area contributed by atoms with Crippen molar-refractivity contribution >= 4 is 5.91 Å². The van der Waals surface area contributed by atoms with Gasteiger partial charge in [0, 0.05) is 38.3 Å². The van der Waals surface area contributed by atoms with Gasteiger partial charge in [-0.1, -0.05) is 29.8 Å². The summed E-state index contributed by atoms with van der Waals surface area (Å²) in [4.78, 5) is 16.6. The summed E-state index contributed by atoms with van der Waals surface area (Å²) < 4.78 is 19.3. The highest BCUT2D eigenvalue weighted by Gasteiger charge is 2.24. The summed E-state index contributed by atoms with van der Waals surface area (Å²) in [6, 6.07) is 12.6. The second-order valence-corrected chi connectivity index (χ2v) is 6.36. The quantitative estimate of drug-likeness (QED) is 0.856. The van der Waals surface area contributed by atoms with E-state index in [-0.39, 0.29) is 11.5 Å². The molecule has 0 bridgehead atoms. The van der Waals surface area contributed by atoms with E-state index in [0.717, 1.165) is 36.5 Å². The van der Waals surface area contributed by atoms with Crippen molar-refractivity contribution in [2.75, 3.05) is 33.3 Å². The fourth-order valence-corrected chi connectivity index (χ4v) is 3.16. The third kappa shape index (κ3) is 3.99. The lowest BCUT2D eigenvalue weighted by Gasteiger charge is -2.35. The number of rotatable bonds is 4. The molecule has 0 aromatic heterocycles. The maximum absolute atomic E-state index is 14.0. The van der Waals surface area contributed by atoms with Crippen molar-refractivity contribution in [3.05, 3.63) is 65.0 Å². The Labute approximate surface area is 147 Å².